The molecule has 0 atom stereocenters. The van der Waals surface area contributed by atoms with Gasteiger partial charge in [-0.3, -0.25) is 9.36 Å². The zero-order chi connectivity index (χ0) is 24.4. The minimum Gasteiger partial charge on any atom is -0.497 e. The topological polar surface area (TPSA) is 98.6 Å². The molecule has 180 valence electrons. The van der Waals surface area contributed by atoms with Crippen molar-refractivity contribution in [2.45, 2.75) is 19.4 Å². The number of amides is 1. The van der Waals surface area contributed by atoms with E-state index in [4.69, 9.17) is 14.5 Å². The van der Waals surface area contributed by atoms with E-state index in [-0.39, 0.29) is 12.5 Å². The Morgan fingerprint density at radius 1 is 1.06 bits per heavy atom. The van der Waals surface area contributed by atoms with Crippen LogP contribution in [0.1, 0.15) is 12.8 Å². The molecule has 4 aromatic rings. The first-order valence-corrected chi connectivity index (χ1v) is 12.1. The van der Waals surface area contributed by atoms with Crippen molar-refractivity contribution >= 4 is 38.4 Å². The van der Waals surface area contributed by atoms with Crippen LogP contribution in [0.4, 0.5) is 10.8 Å². The Morgan fingerprint density at radius 3 is 2.54 bits per heavy atom. The maximum Gasteiger partial charge on any atom is 0.349 e. The van der Waals surface area contributed by atoms with Crippen molar-refractivity contribution in [1.29, 1.82) is 0 Å². The molecule has 0 radical (unpaired) electrons. The highest BCUT2D eigenvalue weighted by Gasteiger charge is 2.23. The summed E-state index contributed by atoms with van der Waals surface area (Å²) in [5, 5.41) is 3.67. The lowest BCUT2D eigenvalue weighted by molar-refractivity contribution is -0.116. The van der Waals surface area contributed by atoms with Crippen LogP contribution in [0, 0.1) is 0 Å². The first-order valence-electron chi connectivity index (χ1n) is 11.3. The Hall–Kier alpha value is -3.92. The molecule has 1 fully saturated rings. The maximum atomic E-state index is 13.2. The molecule has 0 spiro atoms. The van der Waals surface area contributed by atoms with Gasteiger partial charge in [-0.15, -0.1) is 0 Å². The van der Waals surface area contributed by atoms with Crippen molar-refractivity contribution in [3.05, 3.63) is 59.0 Å². The molecule has 0 unspecified atom stereocenters. The summed E-state index contributed by atoms with van der Waals surface area (Å²) < 4.78 is 12.0. The monoisotopic (exact) mass is 491 g/mol. The second kappa shape index (κ2) is 9.75. The normalized spacial score (nSPS) is 13.3. The van der Waals surface area contributed by atoms with E-state index in [0.29, 0.717) is 33.2 Å². The minimum absolute atomic E-state index is 0.209. The van der Waals surface area contributed by atoms with Gasteiger partial charge >= 0.3 is 5.69 Å². The molecule has 2 aromatic carbocycles. The first-order chi connectivity index (χ1) is 17.1. The molecule has 1 N–H and O–H groups in total. The molecule has 1 saturated heterocycles. The zero-order valence-corrected chi connectivity index (χ0v) is 20.3. The molecule has 3 heterocycles. The van der Waals surface area contributed by atoms with E-state index in [1.165, 1.54) is 23.0 Å². The quantitative estimate of drug-likeness (QED) is 0.420. The molecular formula is C25H25N5O4S. The van der Waals surface area contributed by atoms with Crippen LogP contribution in [-0.4, -0.2) is 47.8 Å². The van der Waals surface area contributed by atoms with Gasteiger partial charge in [0.1, 0.15) is 34.1 Å². The molecular weight excluding hydrogens is 466 g/mol. The Balaban J connectivity index is 1.54. The van der Waals surface area contributed by atoms with Gasteiger partial charge in [0.15, 0.2) is 5.13 Å². The van der Waals surface area contributed by atoms with Crippen LogP contribution < -0.4 is 25.4 Å². The van der Waals surface area contributed by atoms with Crippen LogP contribution in [0.15, 0.2) is 53.3 Å². The number of ether oxygens (including phenoxy) is 2. The number of anilines is 2. The summed E-state index contributed by atoms with van der Waals surface area (Å²) in [7, 11) is 3.07. The van der Waals surface area contributed by atoms with Crippen molar-refractivity contribution in [3.63, 3.8) is 0 Å². The number of methoxy groups -OCH3 is 2. The maximum absolute atomic E-state index is 13.2. The molecule has 5 rings (SSSR count). The number of nitrogens with one attached hydrogen (secondary N) is 1. The highest BCUT2D eigenvalue weighted by molar-refractivity contribution is 7.22. The summed E-state index contributed by atoms with van der Waals surface area (Å²) in [5.41, 5.74) is 1.91. The predicted molar refractivity (Wildman–Crippen MR) is 137 cm³/mol. The van der Waals surface area contributed by atoms with Gasteiger partial charge in [0.2, 0.25) is 5.91 Å². The molecule has 1 aliphatic heterocycles. The molecule has 9 nitrogen and oxygen atoms in total. The van der Waals surface area contributed by atoms with E-state index in [1.54, 1.807) is 25.3 Å². The second-order valence-electron chi connectivity index (χ2n) is 8.15. The number of carbonyl (C=O) groups is 1. The van der Waals surface area contributed by atoms with E-state index in [9.17, 15) is 9.59 Å². The number of nitrogens with zero attached hydrogens (tertiary/aromatic N) is 4. The van der Waals surface area contributed by atoms with Crippen LogP contribution in [0.25, 0.3) is 21.6 Å². The van der Waals surface area contributed by atoms with Crippen molar-refractivity contribution in [2.75, 3.05) is 37.5 Å². The van der Waals surface area contributed by atoms with E-state index in [0.717, 1.165) is 36.6 Å². The average molecular weight is 492 g/mol. The van der Waals surface area contributed by atoms with Crippen LogP contribution in [0.3, 0.4) is 0 Å². The molecule has 35 heavy (non-hydrogen) atoms. The van der Waals surface area contributed by atoms with Gasteiger partial charge < -0.3 is 19.7 Å². The van der Waals surface area contributed by atoms with Crippen molar-refractivity contribution in [1.82, 2.24) is 14.5 Å². The van der Waals surface area contributed by atoms with E-state index < -0.39 is 5.69 Å². The van der Waals surface area contributed by atoms with Crippen LogP contribution >= 0.6 is 11.3 Å². The third-order valence-electron chi connectivity index (χ3n) is 5.91. The largest absolute Gasteiger partial charge is 0.497 e. The highest BCUT2D eigenvalue weighted by Crippen LogP contribution is 2.34. The Labute approximate surface area is 206 Å². The third-order valence-corrected chi connectivity index (χ3v) is 7.05. The van der Waals surface area contributed by atoms with E-state index >= 15 is 0 Å². The van der Waals surface area contributed by atoms with Gasteiger partial charge in [-0.2, -0.15) is 4.98 Å². The molecule has 0 bridgehead atoms. The lowest BCUT2D eigenvalue weighted by atomic mass is 10.1. The van der Waals surface area contributed by atoms with E-state index in [2.05, 4.69) is 15.2 Å². The van der Waals surface area contributed by atoms with E-state index in [1.807, 2.05) is 30.3 Å². The van der Waals surface area contributed by atoms with Crippen molar-refractivity contribution in [2.24, 2.45) is 0 Å². The number of thiazole rings is 1. The SMILES string of the molecule is COc1ccc(OC)c(NC(=O)Cn2c(=O)nc(-c3ccccc3)c3nc(N4CCCC4)sc32)c1. The number of carbonyl (C=O) groups excluding carboxylic acids is 1. The minimum atomic E-state index is -0.499. The van der Waals surface area contributed by atoms with Crippen LogP contribution in [0.5, 0.6) is 11.5 Å². The number of rotatable bonds is 7. The summed E-state index contributed by atoms with van der Waals surface area (Å²) >= 11 is 1.42. The van der Waals surface area contributed by atoms with Gasteiger partial charge in [0.25, 0.3) is 0 Å². The lowest BCUT2D eigenvalue weighted by Gasteiger charge is -2.13. The number of benzene rings is 2. The Morgan fingerprint density at radius 2 is 1.83 bits per heavy atom. The van der Waals surface area contributed by atoms with Gasteiger partial charge in [0, 0.05) is 24.7 Å². The summed E-state index contributed by atoms with van der Waals surface area (Å²) in [4.78, 5) is 38.3. The third kappa shape index (κ3) is 4.57. The van der Waals surface area contributed by atoms with Crippen molar-refractivity contribution < 1.29 is 14.3 Å². The van der Waals surface area contributed by atoms with Gasteiger partial charge in [-0.1, -0.05) is 41.7 Å². The van der Waals surface area contributed by atoms with Gasteiger partial charge in [-0.05, 0) is 25.0 Å². The summed E-state index contributed by atoms with van der Waals surface area (Å²) in [6, 6.07) is 14.6. The fourth-order valence-electron chi connectivity index (χ4n) is 4.16. The van der Waals surface area contributed by atoms with Gasteiger partial charge in [0.05, 0.1) is 19.9 Å². The van der Waals surface area contributed by atoms with Crippen LogP contribution in [-0.2, 0) is 11.3 Å². The summed E-state index contributed by atoms with van der Waals surface area (Å²) in [6.45, 7) is 1.64. The van der Waals surface area contributed by atoms with Gasteiger partial charge in [-0.25, -0.2) is 9.78 Å². The standard InChI is InChI=1S/C25H25N5O4S/c1-33-17-10-11-19(34-2)18(14-17)26-20(31)15-30-23-22(28-25(35-23)29-12-6-7-13-29)21(27-24(30)32)16-8-4-3-5-9-16/h3-5,8-11,14H,6-7,12-13,15H2,1-2H3,(H,26,31). The Kier molecular flexibility index (Phi) is 6.37. The molecule has 0 aliphatic carbocycles. The first kappa shape index (κ1) is 22.9. The number of fused-ring (bicyclic) bond motifs is 1. The predicted octanol–water partition coefficient (Wildman–Crippen LogP) is 3.78. The summed E-state index contributed by atoms with van der Waals surface area (Å²) in [6.07, 6.45) is 2.22. The molecule has 0 saturated carbocycles. The lowest BCUT2D eigenvalue weighted by Crippen LogP contribution is -2.29. The molecule has 1 aliphatic rings. The number of hydrogen-bond acceptors (Lipinski definition) is 8. The van der Waals surface area contributed by atoms with Crippen LogP contribution in [0.2, 0.25) is 0 Å². The Bertz CT molecular complexity index is 1430. The fourth-order valence-corrected chi connectivity index (χ4v) is 5.27. The van der Waals surface area contributed by atoms with Crippen molar-refractivity contribution in [3.8, 4) is 22.8 Å². The molecule has 1 amide bonds. The highest BCUT2D eigenvalue weighted by atomic mass is 32.1. The number of hydrogen-bond donors (Lipinski definition) is 1. The summed E-state index contributed by atoms with van der Waals surface area (Å²) in [5.74, 6) is 0.681. The zero-order valence-electron chi connectivity index (χ0n) is 19.5. The fraction of sp³-hybridized carbons (Fsp3) is 0.280. The molecule has 2 aromatic heterocycles. The average Bonchev–Trinajstić information content (AvgIpc) is 3.56. The smallest absolute Gasteiger partial charge is 0.349 e. The second-order valence-corrected chi connectivity index (χ2v) is 9.11. The number of aromatic nitrogens is 3. The molecule has 10 heteroatoms.